The van der Waals surface area contributed by atoms with Gasteiger partial charge in [0, 0.05) is 19.7 Å². The Bertz CT molecular complexity index is 469. The summed E-state index contributed by atoms with van der Waals surface area (Å²) in [6, 6.07) is 0. The van der Waals surface area contributed by atoms with Gasteiger partial charge in [0.2, 0.25) is 0 Å². The van der Waals surface area contributed by atoms with Crippen molar-refractivity contribution in [1.29, 1.82) is 0 Å². The summed E-state index contributed by atoms with van der Waals surface area (Å²) in [4.78, 5) is 4.45. The fraction of sp³-hybridized carbons (Fsp3) is 0.500. The molecule has 0 unspecified atom stereocenters. The first-order valence-electron chi connectivity index (χ1n) is 5.35. The van der Waals surface area contributed by atoms with Crippen molar-refractivity contribution >= 4 is 5.69 Å². The number of nitrogens with zero attached hydrogens (tertiary/aromatic N) is 5. The standard InChI is InChI=1S/C10H16N6/c1-3-4-9-13-10(15(2)14-9)7-16-6-8(11)5-12-16/h5-6H,3-4,7,11H2,1-2H3. The van der Waals surface area contributed by atoms with Gasteiger partial charge in [-0.3, -0.25) is 9.36 Å². The quantitative estimate of drug-likeness (QED) is 0.818. The minimum Gasteiger partial charge on any atom is -0.396 e. The van der Waals surface area contributed by atoms with Crippen molar-refractivity contribution in [2.75, 3.05) is 5.73 Å². The summed E-state index contributed by atoms with van der Waals surface area (Å²) in [7, 11) is 1.90. The molecule has 6 heteroatoms. The summed E-state index contributed by atoms with van der Waals surface area (Å²) in [6.07, 6.45) is 5.38. The zero-order valence-corrected chi connectivity index (χ0v) is 9.59. The van der Waals surface area contributed by atoms with Crippen molar-refractivity contribution < 1.29 is 0 Å². The van der Waals surface area contributed by atoms with Crippen LogP contribution in [0.3, 0.4) is 0 Å². The highest BCUT2D eigenvalue weighted by molar-refractivity contribution is 5.30. The van der Waals surface area contributed by atoms with Crippen molar-refractivity contribution in [2.45, 2.75) is 26.3 Å². The molecule has 86 valence electrons. The number of rotatable bonds is 4. The molecule has 0 fully saturated rings. The Balaban J connectivity index is 2.14. The Morgan fingerprint density at radius 1 is 1.44 bits per heavy atom. The van der Waals surface area contributed by atoms with Gasteiger partial charge in [-0.25, -0.2) is 4.98 Å². The number of anilines is 1. The van der Waals surface area contributed by atoms with E-state index < -0.39 is 0 Å². The van der Waals surface area contributed by atoms with E-state index in [2.05, 4.69) is 22.1 Å². The minimum atomic E-state index is 0.602. The van der Waals surface area contributed by atoms with Gasteiger partial charge in [0.05, 0.1) is 11.9 Å². The molecule has 0 radical (unpaired) electrons. The predicted molar refractivity (Wildman–Crippen MR) is 60.7 cm³/mol. The zero-order valence-electron chi connectivity index (χ0n) is 9.59. The summed E-state index contributed by atoms with van der Waals surface area (Å²) in [5.74, 6) is 1.78. The van der Waals surface area contributed by atoms with E-state index in [4.69, 9.17) is 5.73 Å². The average molecular weight is 220 g/mol. The molecule has 0 aliphatic rings. The number of aryl methyl sites for hydroxylation is 2. The third-order valence-corrected chi connectivity index (χ3v) is 2.33. The first kappa shape index (κ1) is 10.7. The molecule has 2 N–H and O–H groups in total. The molecule has 6 nitrogen and oxygen atoms in total. The van der Waals surface area contributed by atoms with Crippen LogP contribution in [0.5, 0.6) is 0 Å². The third kappa shape index (κ3) is 2.21. The number of nitrogen functional groups attached to an aromatic ring is 1. The van der Waals surface area contributed by atoms with Crippen LogP contribution in [0.25, 0.3) is 0 Å². The molecule has 0 atom stereocenters. The zero-order chi connectivity index (χ0) is 11.5. The molecule has 0 aliphatic carbocycles. The van der Waals surface area contributed by atoms with Crippen LogP contribution in [-0.4, -0.2) is 24.5 Å². The van der Waals surface area contributed by atoms with Gasteiger partial charge in [0.25, 0.3) is 0 Å². The van der Waals surface area contributed by atoms with Gasteiger partial charge >= 0.3 is 0 Å². The Morgan fingerprint density at radius 2 is 2.25 bits per heavy atom. The third-order valence-electron chi connectivity index (χ3n) is 2.33. The Morgan fingerprint density at radius 3 is 2.88 bits per heavy atom. The lowest BCUT2D eigenvalue weighted by Crippen LogP contribution is -2.07. The van der Waals surface area contributed by atoms with Crippen molar-refractivity contribution in [1.82, 2.24) is 24.5 Å². The van der Waals surface area contributed by atoms with Crippen molar-refractivity contribution in [3.63, 3.8) is 0 Å². The largest absolute Gasteiger partial charge is 0.396 e. The van der Waals surface area contributed by atoms with E-state index in [0.29, 0.717) is 12.2 Å². The maximum atomic E-state index is 5.60. The highest BCUT2D eigenvalue weighted by Gasteiger charge is 2.07. The van der Waals surface area contributed by atoms with Crippen molar-refractivity contribution in [3.8, 4) is 0 Å². The van der Waals surface area contributed by atoms with Crippen LogP contribution < -0.4 is 5.73 Å². The molecule has 2 aromatic heterocycles. The van der Waals surface area contributed by atoms with Crippen LogP contribution in [-0.2, 0) is 20.0 Å². The fourth-order valence-electron chi connectivity index (χ4n) is 1.55. The van der Waals surface area contributed by atoms with Crippen molar-refractivity contribution in [3.05, 3.63) is 24.0 Å². The molecule has 16 heavy (non-hydrogen) atoms. The number of hydrogen-bond donors (Lipinski definition) is 1. The van der Waals surface area contributed by atoms with Gasteiger partial charge in [-0.2, -0.15) is 10.2 Å². The molecule has 0 bridgehead atoms. The second-order valence-corrected chi connectivity index (χ2v) is 3.79. The molecule has 0 saturated heterocycles. The molecule has 0 amide bonds. The van der Waals surface area contributed by atoms with Crippen LogP contribution in [0.2, 0.25) is 0 Å². The molecule has 0 aromatic carbocycles. The molecule has 0 spiro atoms. The van der Waals surface area contributed by atoms with Crippen LogP contribution in [0, 0.1) is 0 Å². The smallest absolute Gasteiger partial charge is 0.151 e. The van der Waals surface area contributed by atoms with E-state index in [0.717, 1.165) is 24.5 Å². The van der Waals surface area contributed by atoms with Gasteiger partial charge in [0.1, 0.15) is 12.4 Å². The Labute approximate surface area is 94.1 Å². The fourth-order valence-corrected chi connectivity index (χ4v) is 1.55. The summed E-state index contributed by atoms with van der Waals surface area (Å²) in [5, 5.41) is 8.45. The van der Waals surface area contributed by atoms with E-state index in [-0.39, 0.29) is 0 Å². The van der Waals surface area contributed by atoms with Gasteiger partial charge in [-0.1, -0.05) is 6.92 Å². The van der Waals surface area contributed by atoms with Gasteiger partial charge in [-0.05, 0) is 6.42 Å². The molecular weight excluding hydrogens is 204 g/mol. The Hall–Kier alpha value is -1.85. The second kappa shape index (κ2) is 4.34. The molecule has 2 aromatic rings. The van der Waals surface area contributed by atoms with Crippen LogP contribution in [0.15, 0.2) is 12.4 Å². The van der Waals surface area contributed by atoms with Crippen LogP contribution in [0.4, 0.5) is 5.69 Å². The number of hydrogen-bond acceptors (Lipinski definition) is 4. The molecule has 2 rings (SSSR count). The maximum absolute atomic E-state index is 5.60. The van der Waals surface area contributed by atoms with E-state index >= 15 is 0 Å². The molecular formula is C10H16N6. The molecule has 0 aliphatic heterocycles. The summed E-state index contributed by atoms with van der Waals surface area (Å²) < 4.78 is 3.55. The SMILES string of the molecule is CCCc1nc(Cn2cc(N)cn2)n(C)n1. The summed E-state index contributed by atoms with van der Waals surface area (Å²) >= 11 is 0. The normalized spacial score (nSPS) is 10.9. The van der Waals surface area contributed by atoms with Gasteiger partial charge < -0.3 is 5.73 Å². The second-order valence-electron chi connectivity index (χ2n) is 3.79. The van der Waals surface area contributed by atoms with E-state index in [9.17, 15) is 0 Å². The van der Waals surface area contributed by atoms with Gasteiger partial charge in [-0.15, -0.1) is 0 Å². The van der Waals surface area contributed by atoms with Crippen LogP contribution >= 0.6 is 0 Å². The van der Waals surface area contributed by atoms with E-state index in [1.165, 1.54) is 0 Å². The first-order chi connectivity index (χ1) is 7.69. The lowest BCUT2D eigenvalue weighted by atomic mass is 10.3. The first-order valence-corrected chi connectivity index (χ1v) is 5.35. The minimum absolute atomic E-state index is 0.602. The monoisotopic (exact) mass is 220 g/mol. The molecule has 0 saturated carbocycles. The summed E-state index contributed by atoms with van der Waals surface area (Å²) in [5.41, 5.74) is 6.26. The van der Waals surface area contributed by atoms with Crippen molar-refractivity contribution in [2.24, 2.45) is 7.05 Å². The highest BCUT2D eigenvalue weighted by Crippen LogP contribution is 2.04. The predicted octanol–water partition coefficient (Wildman–Crippen LogP) is 0.595. The van der Waals surface area contributed by atoms with Crippen LogP contribution in [0.1, 0.15) is 25.0 Å². The Kier molecular flexibility index (Phi) is 2.89. The maximum Gasteiger partial charge on any atom is 0.151 e. The lowest BCUT2D eigenvalue weighted by molar-refractivity contribution is 0.607. The molecule has 2 heterocycles. The topological polar surface area (TPSA) is 74.6 Å². The number of nitrogens with two attached hydrogens (primary N) is 1. The number of aromatic nitrogens is 5. The lowest BCUT2D eigenvalue weighted by Gasteiger charge is -1.99. The van der Waals surface area contributed by atoms with Gasteiger partial charge in [0.15, 0.2) is 5.82 Å². The highest BCUT2D eigenvalue weighted by atomic mass is 15.4. The average Bonchev–Trinajstić information content (AvgIpc) is 2.76. The van der Waals surface area contributed by atoms with E-state index in [1.807, 2.05) is 7.05 Å². The van der Waals surface area contributed by atoms with E-state index in [1.54, 1.807) is 21.8 Å². The summed E-state index contributed by atoms with van der Waals surface area (Å²) in [6.45, 7) is 2.72.